The Morgan fingerprint density at radius 1 is 1.17 bits per heavy atom. The SMILES string of the molecule is CN(C)C=NC(Cc1ccccc1)C(=O)OB(F)c1ccccc1. The zero-order valence-electron chi connectivity index (χ0n) is 13.8. The van der Waals surface area contributed by atoms with E-state index in [-0.39, 0.29) is 0 Å². The van der Waals surface area contributed by atoms with Crippen molar-refractivity contribution < 1.29 is 13.8 Å². The van der Waals surface area contributed by atoms with E-state index in [4.69, 9.17) is 4.65 Å². The van der Waals surface area contributed by atoms with Gasteiger partial charge in [-0.2, -0.15) is 0 Å². The molecule has 0 aliphatic rings. The number of benzene rings is 2. The van der Waals surface area contributed by atoms with Gasteiger partial charge in [-0.05, 0) is 5.56 Å². The van der Waals surface area contributed by atoms with Crippen LogP contribution >= 0.6 is 0 Å². The summed E-state index contributed by atoms with van der Waals surface area (Å²) in [7, 11) is 1.80. The summed E-state index contributed by atoms with van der Waals surface area (Å²) in [5.74, 6) is -0.687. The van der Waals surface area contributed by atoms with Gasteiger partial charge in [0.1, 0.15) is 0 Å². The van der Waals surface area contributed by atoms with Gasteiger partial charge >= 0.3 is 13.2 Å². The lowest BCUT2D eigenvalue weighted by atomic mass is 9.82. The van der Waals surface area contributed by atoms with Crippen molar-refractivity contribution in [2.24, 2.45) is 4.99 Å². The average Bonchev–Trinajstić information content (AvgIpc) is 2.60. The molecule has 24 heavy (non-hydrogen) atoms. The van der Waals surface area contributed by atoms with Gasteiger partial charge < -0.3 is 9.55 Å². The monoisotopic (exact) mass is 326 g/mol. The second-order valence-corrected chi connectivity index (χ2v) is 5.60. The molecule has 0 N–H and O–H groups in total. The van der Waals surface area contributed by atoms with Gasteiger partial charge in [-0.3, -0.25) is 14.1 Å². The number of nitrogens with zero attached hydrogens (tertiary/aromatic N) is 2. The van der Waals surface area contributed by atoms with Crippen LogP contribution in [0, 0.1) is 0 Å². The molecule has 2 aromatic rings. The number of carbonyl (C=O) groups excluding carboxylic acids is 1. The highest BCUT2D eigenvalue weighted by Gasteiger charge is 2.28. The Kier molecular flexibility index (Phi) is 6.55. The first-order valence-electron chi connectivity index (χ1n) is 7.69. The van der Waals surface area contributed by atoms with E-state index >= 15 is 0 Å². The highest BCUT2D eigenvalue weighted by molar-refractivity contribution is 6.62. The van der Waals surface area contributed by atoms with E-state index in [9.17, 15) is 9.11 Å². The van der Waals surface area contributed by atoms with Crippen LogP contribution < -0.4 is 5.46 Å². The van der Waals surface area contributed by atoms with Crippen molar-refractivity contribution >= 4 is 25.0 Å². The molecule has 0 amide bonds. The molecule has 124 valence electrons. The third kappa shape index (κ3) is 5.54. The first kappa shape index (κ1) is 17.7. The zero-order valence-corrected chi connectivity index (χ0v) is 13.8. The van der Waals surface area contributed by atoms with Crippen LogP contribution in [0.5, 0.6) is 0 Å². The lowest BCUT2D eigenvalue weighted by molar-refractivity contribution is -0.136. The van der Waals surface area contributed by atoms with Gasteiger partial charge in [0.15, 0.2) is 6.04 Å². The third-order valence-corrected chi connectivity index (χ3v) is 3.30. The number of rotatable bonds is 7. The third-order valence-electron chi connectivity index (χ3n) is 3.30. The Labute approximate surface area is 142 Å². The van der Waals surface area contributed by atoms with Gasteiger partial charge in [-0.25, -0.2) is 0 Å². The number of halogens is 1. The number of carbonyl (C=O) groups is 1. The summed E-state index contributed by atoms with van der Waals surface area (Å²) in [5.41, 5.74) is 1.24. The second kappa shape index (κ2) is 8.86. The quantitative estimate of drug-likeness (QED) is 0.445. The van der Waals surface area contributed by atoms with Crippen LogP contribution in [0.15, 0.2) is 65.7 Å². The Bertz CT molecular complexity index is 665. The van der Waals surface area contributed by atoms with Crippen molar-refractivity contribution in [1.82, 2.24) is 4.90 Å². The zero-order chi connectivity index (χ0) is 17.4. The molecule has 4 nitrogen and oxygen atoms in total. The largest absolute Gasteiger partial charge is 0.603 e. The minimum absolute atomic E-state index is 0.306. The topological polar surface area (TPSA) is 41.9 Å². The molecular formula is C18H20BFN2O2. The molecule has 0 saturated heterocycles. The fourth-order valence-corrected chi connectivity index (χ4v) is 2.10. The van der Waals surface area contributed by atoms with Crippen LogP contribution in [-0.2, 0) is 15.9 Å². The Morgan fingerprint density at radius 2 is 1.75 bits per heavy atom. The number of aliphatic imine (C=N–C) groups is 1. The smallest absolute Gasteiger partial charge is 0.501 e. The van der Waals surface area contributed by atoms with E-state index in [1.165, 1.54) is 6.34 Å². The molecule has 0 saturated carbocycles. The van der Waals surface area contributed by atoms with Crippen LogP contribution in [0.4, 0.5) is 4.32 Å². The van der Waals surface area contributed by atoms with Crippen molar-refractivity contribution in [2.45, 2.75) is 12.5 Å². The normalized spacial score (nSPS) is 12.0. The molecule has 0 heterocycles. The molecule has 0 bridgehead atoms. The molecule has 0 fully saturated rings. The molecule has 0 radical (unpaired) electrons. The van der Waals surface area contributed by atoms with Gasteiger partial charge in [0.2, 0.25) is 0 Å². The maximum Gasteiger partial charge on any atom is 0.603 e. The van der Waals surface area contributed by atoms with Crippen LogP contribution in [-0.4, -0.2) is 44.5 Å². The summed E-state index contributed by atoms with van der Waals surface area (Å²) in [6.07, 6.45) is 1.89. The van der Waals surface area contributed by atoms with Gasteiger partial charge in [0.25, 0.3) is 0 Å². The van der Waals surface area contributed by atoms with Crippen LogP contribution in [0.1, 0.15) is 5.56 Å². The first-order valence-corrected chi connectivity index (χ1v) is 7.69. The highest BCUT2D eigenvalue weighted by atomic mass is 19.1. The van der Waals surface area contributed by atoms with E-state index in [1.54, 1.807) is 49.3 Å². The summed E-state index contributed by atoms with van der Waals surface area (Å²) in [4.78, 5) is 18.3. The fourth-order valence-electron chi connectivity index (χ4n) is 2.10. The number of hydrogen-bond donors (Lipinski definition) is 0. The molecule has 2 rings (SSSR count). The van der Waals surface area contributed by atoms with Crippen LogP contribution in [0.25, 0.3) is 0 Å². The van der Waals surface area contributed by atoms with Crippen molar-refractivity contribution in [1.29, 1.82) is 0 Å². The molecule has 0 spiro atoms. The minimum atomic E-state index is -1.80. The standard InChI is InChI=1S/C18H20BFN2O2/c1-22(2)14-21-17(13-15-9-5-3-6-10-15)18(23)24-19(20)16-11-7-4-8-12-16/h3-12,14,17H,13H2,1-2H3. The second-order valence-electron chi connectivity index (χ2n) is 5.60. The molecule has 1 unspecified atom stereocenters. The molecular weight excluding hydrogens is 306 g/mol. The average molecular weight is 326 g/mol. The Morgan fingerprint density at radius 3 is 2.33 bits per heavy atom. The summed E-state index contributed by atoms with van der Waals surface area (Å²) >= 11 is 0. The first-order chi connectivity index (χ1) is 11.6. The van der Waals surface area contributed by atoms with Crippen LogP contribution in [0.3, 0.4) is 0 Å². The van der Waals surface area contributed by atoms with E-state index in [0.29, 0.717) is 11.9 Å². The highest BCUT2D eigenvalue weighted by Crippen LogP contribution is 2.09. The van der Waals surface area contributed by atoms with Crippen molar-refractivity contribution in [3.63, 3.8) is 0 Å². The van der Waals surface area contributed by atoms with Gasteiger partial charge in [0, 0.05) is 26.0 Å². The van der Waals surface area contributed by atoms with Crippen molar-refractivity contribution in [3.05, 3.63) is 66.2 Å². The van der Waals surface area contributed by atoms with Crippen molar-refractivity contribution in [3.8, 4) is 0 Å². The van der Waals surface area contributed by atoms with Crippen molar-refractivity contribution in [2.75, 3.05) is 14.1 Å². The minimum Gasteiger partial charge on any atom is -0.501 e. The summed E-state index contributed by atoms with van der Waals surface area (Å²) in [6, 6.07) is 17.0. The molecule has 1 atom stereocenters. The van der Waals surface area contributed by atoms with Gasteiger partial charge in [-0.15, -0.1) is 0 Å². The van der Waals surface area contributed by atoms with Gasteiger partial charge in [-0.1, -0.05) is 60.7 Å². The fraction of sp³-hybridized carbons (Fsp3) is 0.222. The maximum atomic E-state index is 14.2. The molecule has 0 aromatic heterocycles. The predicted octanol–water partition coefficient (Wildman–Crippen LogP) is 2.10. The lowest BCUT2D eigenvalue weighted by Crippen LogP contribution is -2.36. The maximum absolute atomic E-state index is 14.2. The lowest BCUT2D eigenvalue weighted by Gasteiger charge is -2.15. The summed E-state index contributed by atoms with van der Waals surface area (Å²) < 4.78 is 19.1. The van der Waals surface area contributed by atoms with E-state index in [1.807, 2.05) is 30.3 Å². The van der Waals surface area contributed by atoms with Gasteiger partial charge in [0.05, 0.1) is 6.34 Å². The van der Waals surface area contributed by atoms with E-state index in [2.05, 4.69) is 4.99 Å². The van der Waals surface area contributed by atoms with E-state index < -0.39 is 19.2 Å². The van der Waals surface area contributed by atoms with Crippen LogP contribution in [0.2, 0.25) is 0 Å². The Balaban J connectivity index is 2.09. The summed E-state index contributed by atoms with van der Waals surface area (Å²) in [6.45, 7) is 0. The van der Waals surface area contributed by atoms with E-state index in [0.717, 1.165) is 5.56 Å². The molecule has 0 aliphatic heterocycles. The summed E-state index contributed by atoms with van der Waals surface area (Å²) in [5, 5.41) is 0. The molecule has 0 aliphatic carbocycles. The number of hydrogen-bond acceptors (Lipinski definition) is 3. The molecule has 6 heteroatoms. The predicted molar refractivity (Wildman–Crippen MR) is 95.1 cm³/mol. The Hall–Kier alpha value is -2.63. The molecule has 2 aromatic carbocycles.